The molecule has 3 aromatic carbocycles. The molecule has 1 saturated heterocycles. The van der Waals surface area contributed by atoms with Gasteiger partial charge < -0.3 is 83.0 Å². The number of hydrogen-bond acceptors (Lipinski definition) is 23. The van der Waals surface area contributed by atoms with Gasteiger partial charge in [-0.25, -0.2) is 19.2 Å². The van der Waals surface area contributed by atoms with E-state index in [1.807, 2.05) is 0 Å². The van der Waals surface area contributed by atoms with Crippen molar-refractivity contribution in [2.45, 2.75) is 167 Å². The number of rotatable bonds is 33. The van der Waals surface area contributed by atoms with Crippen LogP contribution < -0.4 is 16.0 Å². The fourth-order valence-corrected chi connectivity index (χ4v) is 13.0. The van der Waals surface area contributed by atoms with E-state index < -0.39 is 130 Å². The molecule has 3 aromatic rings. The van der Waals surface area contributed by atoms with Crippen LogP contribution in [0.1, 0.15) is 140 Å². The molecule has 3 amide bonds. The van der Waals surface area contributed by atoms with E-state index >= 15 is 9.59 Å². The van der Waals surface area contributed by atoms with E-state index in [1.54, 1.807) is 113 Å². The normalized spacial score (nSPS) is 24.7. The van der Waals surface area contributed by atoms with E-state index in [0.717, 1.165) is 13.8 Å². The fraction of sp³-hybridized carbons (Fsp3) is 0.586. The number of benzene rings is 3. The van der Waals surface area contributed by atoms with Crippen LogP contribution in [-0.2, 0) is 80.8 Å². The number of carbonyl (C=O) groups excluding carboxylic acids is 9. The van der Waals surface area contributed by atoms with Crippen molar-refractivity contribution < 1.29 is 110 Å². The largest absolute Gasteiger partial charge is 0.460 e. The predicted octanol–water partition coefficient (Wildman–Crippen LogP) is 6.55. The summed E-state index contributed by atoms with van der Waals surface area (Å²) in [6.07, 6.45) is -10.3. The van der Waals surface area contributed by atoms with E-state index in [9.17, 15) is 43.8 Å². The Morgan fingerprint density at radius 1 is 0.677 bits per heavy atom. The smallest absolute Gasteiger partial charge is 0.408 e. The summed E-state index contributed by atoms with van der Waals surface area (Å²) in [5, 5.41) is 34.6. The van der Waals surface area contributed by atoms with Crippen LogP contribution in [0.5, 0.6) is 0 Å². The minimum atomic E-state index is -2.50. The molecular formula is C70H93N3O23. The van der Waals surface area contributed by atoms with Gasteiger partial charge in [-0.15, -0.1) is 0 Å². The van der Waals surface area contributed by atoms with Crippen molar-refractivity contribution in [2.75, 3.05) is 79.2 Å². The Morgan fingerprint density at radius 3 is 1.76 bits per heavy atom. The highest BCUT2D eigenvalue weighted by molar-refractivity contribution is 5.96. The Kier molecular flexibility index (Phi) is 27.1. The van der Waals surface area contributed by atoms with Gasteiger partial charge in [0.2, 0.25) is 6.10 Å². The van der Waals surface area contributed by atoms with Crippen molar-refractivity contribution >= 4 is 53.7 Å². The van der Waals surface area contributed by atoms with Crippen molar-refractivity contribution in [3.63, 3.8) is 0 Å². The first-order valence-electron chi connectivity index (χ1n) is 32.5. The number of fused-ring (bicyclic) bond motifs is 5. The summed E-state index contributed by atoms with van der Waals surface area (Å²) in [5.74, 6) is -7.50. The van der Waals surface area contributed by atoms with Gasteiger partial charge in [-0.2, -0.15) is 0 Å². The maximum Gasteiger partial charge on any atom is 0.408 e. The quantitative estimate of drug-likeness (QED) is 0.0187. The molecule has 0 aromatic heterocycles. The Balaban J connectivity index is 1.01. The average Bonchev–Trinajstić information content (AvgIpc) is 0.670. The molecule has 526 valence electrons. The van der Waals surface area contributed by atoms with Crippen LogP contribution in [0.3, 0.4) is 0 Å². The number of carbonyl (C=O) groups is 9. The van der Waals surface area contributed by atoms with Crippen LogP contribution in [0.2, 0.25) is 0 Å². The first kappa shape index (κ1) is 75.5. The fourth-order valence-electron chi connectivity index (χ4n) is 13.0. The number of ketones is 1. The lowest BCUT2D eigenvalue weighted by Gasteiger charge is -2.67. The van der Waals surface area contributed by atoms with Crippen molar-refractivity contribution in [2.24, 2.45) is 16.7 Å². The molecule has 0 unspecified atom stereocenters. The van der Waals surface area contributed by atoms with Gasteiger partial charge in [0.25, 0.3) is 5.91 Å². The standard InChI is InChI=1S/C70H93N3O23/c1-44-50(42-70(84)60(94-62(80)49-27-19-14-20-28-49)58-68(9,51(76)41-52-69(58,43-90-52)95-46(3)75)59(78)56(91-45(2)74)54(44)67(70,7)8)92-63(81)57(55(47-23-15-12-16-24-47)73-61(79)48-25-17-13-18-26-48)93-65(83)72-31-22-11-10-21-30-71-64(82)89-40-39-88-38-37-87-36-35-86-34-33-85-32-29-53(77)96-66(4,5)6/h12-20,23-28,50-52,55-58,60,76,84H,10-11,21-22,29-43H2,1-9H3,(H,71,82)(H,72,83)(H,73,79)/t50-,51-,52+,55-,56+,57+,58-,60-,68+,69-,70+/m0/s1. The SMILES string of the molecule is CC(=O)O[C@H]1C(=O)[C@@]2(C)[C@H]([C@H](OC(=O)c3ccccc3)[C@]3(O)C[C@H](OC(=O)[C@H](OC(=O)NCCCCCCNC(=O)OCCOCCOCCOCCOCCC(=O)OC(C)(C)C)[C@@H](NC(=O)c4ccccc4)c4ccccc4)C(C)=C1C3(C)C)[C@]1(OC(C)=O)CO[C@@H]1C[C@@H]2O. The number of nitrogens with one attached hydrogen (secondary N) is 3. The molecule has 3 fully saturated rings. The zero-order valence-corrected chi connectivity index (χ0v) is 56.2. The van der Waals surface area contributed by atoms with Gasteiger partial charge >= 0.3 is 42.0 Å². The number of alkyl carbamates (subject to hydrolysis) is 2. The second-order valence-corrected chi connectivity index (χ2v) is 25.9. The topological polar surface area (TPSA) is 341 Å². The number of aliphatic hydroxyl groups excluding tert-OH is 1. The highest BCUT2D eigenvalue weighted by Crippen LogP contribution is 2.64. The minimum Gasteiger partial charge on any atom is -0.460 e. The van der Waals surface area contributed by atoms with Crippen molar-refractivity contribution in [3.8, 4) is 0 Å². The van der Waals surface area contributed by atoms with Crippen molar-refractivity contribution in [3.05, 3.63) is 119 Å². The molecule has 1 heterocycles. The molecule has 96 heavy (non-hydrogen) atoms. The molecule has 26 heteroatoms. The number of hydrogen-bond donors (Lipinski definition) is 5. The Morgan fingerprint density at radius 2 is 1.22 bits per heavy atom. The number of esters is 5. The van der Waals surface area contributed by atoms with Gasteiger partial charge in [-0.3, -0.25) is 24.0 Å². The lowest BCUT2D eigenvalue weighted by atomic mass is 9.44. The summed E-state index contributed by atoms with van der Waals surface area (Å²) in [4.78, 5) is 125. The number of amides is 3. The zero-order chi connectivity index (χ0) is 69.8. The van der Waals surface area contributed by atoms with Crippen molar-refractivity contribution in [1.82, 2.24) is 16.0 Å². The van der Waals surface area contributed by atoms with Gasteiger partial charge in [0.15, 0.2) is 17.5 Å². The van der Waals surface area contributed by atoms with Gasteiger partial charge in [-0.05, 0) is 88.4 Å². The number of unbranched alkanes of at least 4 members (excludes halogenated alkanes) is 3. The zero-order valence-electron chi connectivity index (χ0n) is 56.2. The van der Waals surface area contributed by atoms with Crippen LogP contribution >= 0.6 is 0 Å². The molecule has 2 saturated carbocycles. The van der Waals surface area contributed by atoms with E-state index in [0.29, 0.717) is 70.8 Å². The van der Waals surface area contributed by atoms with Crippen LogP contribution in [0.25, 0.3) is 0 Å². The third-order valence-electron chi connectivity index (χ3n) is 17.8. The van der Waals surface area contributed by atoms with Gasteiger partial charge in [0.1, 0.15) is 42.2 Å². The third-order valence-corrected chi connectivity index (χ3v) is 17.8. The second-order valence-electron chi connectivity index (χ2n) is 25.9. The van der Waals surface area contributed by atoms with Crippen molar-refractivity contribution in [1.29, 1.82) is 0 Å². The minimum absolute atomic E-state index is 0.0212. The third kappa shape index (κ3) is 19.0. The first-order valence-corrected chi connectivity index (χ1v) is 32.5. The predicted molar refractivity (Wildman–Crippen MR) is 342 cm³/mol. The van der Waals surface area contributed by atoms with Gasteiger partial charge in [-0.1, -0.05) is 93.4 Å². The van der Waals surface area contributed by atoms with E-state index in [1.165, 1.54) is 26.0 Å². The number of Topliss-reactive ketones (excluding diaryl/α,β-unsaturated/α-hetero) is 1. The number of aliphatic hydroxyl groups is 2. The Bertz CT molecular complexity index is 3180. The average molecular weight is 1340 g/mol. The molecule has 4 aliphatic rings. The molecule has 0 spiro atoms. The lowest BCUT2D eigenvalue weighted by molar-refractivity contribution is -0.346. The van der Waals surface area contributed by atoms with Crippen LogP contribution in [-0.4, -0.2) is 197 Å². The highest BCUT2D eigenvalue weighted by atomic mass is 16.6. The first-order chi connectivity index (χ1) is 45.6. The number of ether oxygens (including phenoxy) is 12. The highest BCUT2D eigenvalue weighted by Gasteiger charge is 2.78. The summed E-state index contributed by atoms with van der Waals surface area (Å²) in [5.41, 5.74) is -8.21. The molecule has 1 aliphatic heterocycles. The van der Waals surface area contributed by atoms with Crippen LogP contribution in [0.4, 0.5) is 9.59 Å². The summed E-state index contributed by atoms with van der Waals surface area (Å²) >= 11 is 0. The molecule has 7 rings (SSSR count). The molecule has 0 radical (unpaired) electrons. The summed E-state index contributed by atoms with van der Waals surface area (Å²) < 4.78 is 69.3. The molecular weight excluding hydrogens is 1250 g/mol. The maximum absolute atomic E-state index is 15.9. The maximum atomic E-state index is 15.9. The van der Waals surface area contributed by atoms with E-state index in [-0.39, 0.29) is 80.7 Å². The Labute approximate surface area is 559 Å². The lowest BCUT2D eigenvalue weighted by Crippen LogP contribution is -2.82. The van der Waals surface area contributed by atoms with Gasteiger partial charge in [0.05, 0.1) is 88.9 Å². The summed E-state index contributed by atoms with van der Waals surface area (Å²) in [6.45, 7) is 16.0. The molecule has 26 nitrogen and oxygen atoms in total. The summed E-state index contributed by atoms with van der Waals surface area (Å²) in [6, 6.07) is 22.6. The molecule has 2 bridgehead atoms. The molecule has 11 atom stereocenters. The van der Waals surface area contributed by atoms with E-state index in [2.05, 4.69) is 16.0 Å². The molecule has 5 N–H and O–H groups in total. The molecule has 3 aliphatic carbocycles. The monoisotopic (exact) mass is 1340 g/mol. The Hall–Kier alpha value is -7.85. The van der Waals surface area contributed by atoms with Gasteiger partial charge in [0, 0.05) is 50.8 Å². The van der Waals surface area contributed by atoms with Crippen LogP contribution in [0.15, 0.2) is 102 Å². The summed E-state index contributed by atoms with van der Waals surface area (Å²) in [7, 11) is 0. The van der Waals surface area contributed by atoms with Crippen LogP contribution in [0, 0.1) is 16.7 Å². The second kappa shape index (κ2) is 34.4. The van der Waals surface area contributed by atoms with E-state index in [4.69, 9.17) is 56.8 Å².